The summed E-state index contributed by atoms with van der Waals surface area (Å²) in [5.74, 6) is 0.0484. The van der Waals surface area contributed by atoms with Gasteiger partial charge < -0.3 is 50.7 Å². The standard InChI is InChI=1S/C21H23FN6O.C20H30BFN2O3.C7H5ClN4/c22-15-7-14(17-3-4-18-19(26-17)20(23)25-13-24-18)8-16(9-15)27-21(11-29-12-21)10-28-5-1-2-6-28;1-18(2)19(3,4)27-21(26-18)15-9-16(22)11-17(10-15)23-20(13-25-14-20)12-24-7-5-6-8-24;8-5-2-1-4-6(12-5)7(9)11-3-10-4/h3-4,7-9,13,27H,1-2,5-6,10-12H2,(H2,23,24,25);9-11,23H,5-8,12-14H2,1-4H3;1-3H,(H2,9,10,11). The van der Waals surface area contributed by atoms with Crippen molar-refractivity contribution in [2.24, 2.45) is 0 Å². The third-order valence-electron chi connectivity index (χ3n) is 13.4. The van der Waals surface area contributed by atoms with Crippen molar-refractivity contribution in [2.75, 3.05) is 87.8 Å². The van der Waals surface area contributed by atoms with E-state index in [2.05, 4.69) is 50.3 Å². The zero-order valence-electron chi connectivity index (χ0n) is 38.9. The second-order valence-electron chi connectivity index (χ2n) is 19.4. The van der Waals surface area contributed by atoms with Gasteiger partial charge in [0.1, 0.15) is 40.5 Å². The van der Waals surface area contributed by atoms with E-state index in [0.717, 1.165) is 50.6 Å². The van der Waals surface area contributed by atoms with Crippen LogP contribution in [0.5, 0.6) is 0 Å². The molecule has 0 bridgehead atoms. The number of aromatic nitrogens is 6. The minimum absolute atomic E-state index is 0.147. The summed E-state index contributed by atoms with van der Waals surface area (Å²) < 4.78 is 52.0. The third kappa shape index (κ3) is 10.7. The van der Waals surface area contributed by atoms with Crippen molar-refractivity contribution in [1.82, 2.24) is 39.7 Å². The number of nitrogens with two attached hydrogens (primary N) is 2. The molecule has 6 aromatic rings. The summed E-state index contributed by atoms with van der Waals surface area (Å²) in [6, 6.07) is 16.9. The molecule has 5 saturated heterocycles. The molecular weight excluding hydrogens is 893 g/mol. The Morgan fingerprint density at radius 1 is 0.632 bits per heavy atom. The number of anilines is 4. The van der Waals surface area contributed by atoms with E-state index in [4.69, 9.17) is 41.9 Å². The number of hydrogen-bond acceptors (Lipinski definition) is 16. The molecule has 5 aliphatic heterocycles. The highest BCUT2D eigenvalue weighted by Gasteiger charge is 2.52. The van der Waals surface area contributed by atoms with Crippen LogP contribution in [-0.2, 0) is 18.8 Å². The molecule has 0 saturated carbocycles. The van der Waals surface area contributed by atoms with Crippen LogP contribution in [0.15, 0.2) is 73.3 Å². The second-order valence-corrected chi connectivity index (χ2v) is 19.8. The number of nitrogens with zero attached hydrogens (tertiary/aromatic N) is 8. The van der Waals surface area contributed by atoms with Crippen molar-refractivity contribution in [1.29, 1.82) is 0 Å². The highest BCUT2D eigenvalue weighted by Crippen LogP contribution is 2.37. The fourth-order valence-electron chi connectivity index (χ4n) is 9.12. The van der Waals surface area contributed by atoms with Crippen LogP contribution in [0.3, 0.4) is 0 Å². The third-order valence-corrected chi connectivity index (χ3v) is 13.6. The van der Waals surface area contributed by atoms with Gasteiger partial charge in [0.05, 0.1) is 65.4 Å². The topological polar surface area (TPSA) is 197 Å². The molecule has 358 valence electrons. The fourth-order valence-corrected chi connectivity index (χ4v) is 9.26. The average Bonchev–Trinajstić information content (AvgIpc) is 4.04. The Morgan fingerprint density at radius 3 is 1.63 bits per heavy atom. The van der Waals surface area contributed by atoms with Gasteiger partial charge in [-0.25, -0.2) is 38.7 Å². The summed E-state index contributed by atoms with van der Waals surface area (Å²) in [6.45, 7) is 16.9. The summed E-state index contributed by atoms with van der Waals surface area (Å²) in [6.07, 6.45) is 7.78. The van der Waals surface area contributed by atoms with Gasteiger partial charge in [0.15, 0.2) is 11.6 Å². The summed E-state index contributed by atoms with van der Waals surface area (Å²) in [5, 5.41) is 7.47. The van der Waals surface area contributed by atoms with Crippen molar-refractivity contribution in [3.63, 3.8) is 0 Å². The number of fused-ring (bicyclic) bond motifs is 2. The van der Waals surface area contributed by atoms with Crippen molar-refractivity contribution >= 4 is 69.3 Å². The number of nitrogens with one attached hydrogen (secondary N) is 2. The molecule has 0 unspecified atom stereocenters. The number of rotatable bonds is 10. The Kier molecular flexibility index (Phi) is 13.7. The van der Waals surface area contributed by atoms with Crippen LogP contribution in [0.25, 0.3) is 33.3 Å². The van der Waals surface area contributed by atoms with Gasteiger partial charge in [-0.2, -0.15) is 0 Å². The second kappa shape index (κ2) is 19.5. The molecule has 0 amide bonds. The first-order valence-corrected chi connectivity index (χ1v) is 23.5. The molecule has 9 heterocycles. The molecule has 11 rings (SSSR count). The summed E-state index contributed by atoms with van der Waals surface area (Å²) in [5.41, 5.74) is 16.2. The number of halogens is 3. The molecule has 16 nitrogen and oxygen atoms in total. The van der Waals surface area contributed by atoms with E-state index < -0.39 is 18.3 Å². The van der Waals surface area contributed by atoms with Crippen LogP contribution in [0.2, 0.25) is 5.15 Å². The van der Waals surface area contributed by atoms with Gasteiger partial charge in [-0.1, -0.05) is 11.6 Å². The zero-order valence-corrected chi connectivity index (χ0v) is 39.7. The lowest BCUT2D eigenvalue weighted by Gasteiger charge is -2.45. The van der Waals surface area contributed by atoms with Crippen LogP contribution in [0.1, 0.15) is 53.4 Å². The summed E-state index contributed by atoms with van der Waals surface area (Å²) in [4.78, 5) is 29.4. The van der Waals surface area contributed by atoms with Gasteiger partial charge in [0.2, 0.25) is 0 Å². The molecule has 0 atom stereocenters. The van der Waals surface area contributed by atoms with Crippen LogP contribution in [0.4, 0.5) is 31.8 Å². The van der Waals surface area contributed by atoms with E-state index >= 15 is 0 Å². The number of nitrogen functional groups attached to an aromatic ring is 2. The Bertz CT molecular complexity index is 2740. The molecule has 0 radical (unpaired) electrons. The number of benzene rings is 2. The summed E-state index contributed by atoms with van der Waals surface area (Å²) in [7, 11) is -0.571. The number of hydrogen-bond donors (Lipinski definition) is 4. The maximum Gasteiger partial charge on any atom is 0.495 e. The van der Waals surface area contributed by atoms with E-state index in [1.165, 1.54) is 56.5 Å². The Balaban J connectivity index is 0.000000138. The molecule has 0 spiro atoms. The molecule has 20 heteroatoms. The first-order valence-electron chi connectivity index (χ1n) is 23.1. The smallest absolute Gasteiger partial charge is 0.399 e. The lowest BCUT2D eigenvalue weighted by molar-refractivity contribution is -0.0535. The van der Waals surface area contributed by atoms with Gasteiger partial charge in [0.25, 0.3) is 0 Å². The van der Waals surface area contributed by atoms with Gasteiger partial charge in [-0.15, -0.1) is 0 Å². The highest BCUT2D eigenvalue weighted by atomic mass is 35.5. The Morgan fingerprint density at radius 2 is 1.12 bits per heavy atom. The largest absolute Gasteiger partial charge is 0.495 e. The first-order chi connectivity index (χ1) is 32.6. The molecular formula is C48H58BClF2N12O4. The van der Waals surface area contributed by atoms with Gasteiger partial charge >= 0.3 is 7.12 Å². The van der Waals surface area contributed by atoms with Crippen LogP contribution < -0.4 is 27.6 Å². The molecule has 2 aromatic carbocycles. The van der Waals surface area contributed by atoms with E-state index in [9.17, 15) is 8.78 Å². The molecule has 6 N–H and O–H groups in total. The Labute approximate surface area is 400 Å². The maximum atomic E-state index is 14.4. The van der Waals surface area contributed by atoms with E-state index in [1.54, 1.807) is 18.2 Å². The minimum Gasteiger partial charge on any atom is -0.399 e. The minimum atomic E-state index is -0.571. The normalized spacial score (nSPS) is 20.2. The van der Waals surface area contributed by atoms with E-state index in [-0.39, 0.29) is 22.7 Å². The van der Waals surface area contributed by atoms with Gasteiger partial charge in [0, 0.05) is 30.0 Å². The van der Waals surface area contributed by atoms with Crippen molar-refractivity contribution in [3.05, 3.63) is 90.1 Å². The average molecular weight is 951 g/mol. The van der Waals surface area contributed by atoms with Crippen LogP contribution >= 0.6 is 11.6 Å². The molecule has 68 heavy (non-hydrogen) atoms. The Hall–Kier alpha value is -5.41. The lowest BCUT2D eigenvalue weighted by atomic mass is 9.78. The maximum absolute atomic E-state index is 14.4. The van der Waals surface area contributed by atoms with Crippen LogP contribution in [0, 0.1) is 11.6 Å². The molecule has 5 fully saturated rings. The van der Waals surface area contributed by atoms with Crippen LogP contribution in [-0.4, -0.2) is 135 Å². The zero-order chi connectivity index (χ0) is 47.7. The molecule has 5 aliphatic rings. The summed E-state index contributed by atoms with van der Waals surface area (Å²) >= 11 is 5.67. The van der Waals surface area contributed by atoms with Gasteiger partial charge in [-0.3, -0.25) is 0 Å². The number of ether oxygens (including phenoxy) is 2. The predicted molar refractivity (Wildman–Crippen MR) is 262 cm³/mol. The van der Waals surface area contributed by atoms with Crippen molar-refractivity contribution in [2.45, 2.75) is 75.7 Å². The van der Waals surface area contributed by atoms with E-state index in [1.807, 2.05) is 52.0 Å². The fraction of sp³-hybridized carbons (Fsp3) is 0.458. The lowest BCUT2D eigenvalue weighted by Crippen LogP contribution is -2.62. The monoisotopic (exact) mass is 950 g/mol. The molecule has 4 aromatic heterocycles. The van der Waals surface area contributed by atoms with Crippen molar-refractivity contribution < 1.29 is 27.6 Å². The molecule has 0 aliphatic carbocycles. The number of pyridine rings is 2. The predicted octanol–water partition coefficient (Wildman–Crippen LogP) is 6.35. The highest BCUT2D eigenvalue weighted by molar-refractivity contribution is 6.62. The van der Waals surface area contributed by atoms with Gasteiger partial charge in [-0.05, 0) is 146 Å². The quantitative estimate of drug-likeness (QED) is 0.0875. The number of likely N-dealkylation sites (tertiary alicyclic amines) is 2. The van der Waals surface area contributed by atoms with E-state index in [0.29, 0.717) is 82.0 Å². The SMILES string of the molecule is CC1(C)OB(c2cc(F)cc(NC3(CN4CCCC4)COC3)c2)OC1(C)C.Nc1ncnc2ccc(-c3cc(F)cc(NC4(CN5CCCC5)COC4)c3)nc12.Nc1ncnc2ccc(Cl)nc12. The van der Waals surface area contributed by atoms with Crippen molar-refractivity contribution in [3.8, 4) is 11.3 Å². The first kappa shape index (κ1) is 47.7.